The highest BCUT2D eigenvalue weighted by Gasteiger charge is 2.29. The Morgan fingerprint density at radius 1 is 0.273 bits per heavy atom. The van der Waals surface area contributed by atoms with E-state index in [-0.39, 0.29) is 17.3 Å². The summed E-state index contributed by atoms with van der Waals surface area (Å²) in [4.78, 5) is 60.7. The van der Waals surface area contributed by atoms with Crippen LogP contribution in [0.2, 0.25) is 0 Å². The minimum absolute atomic E-state index is 0.131. The molecule has 16 rings (SSSR count). The van der Waals surface area contributed by atoms with E-state index >= 15 is 0 Å². The summed E-state index contributed by atoms with van der Waals surface area (Å²) in [6.07, 6.45) is 34.8. The minimum Gasteiger partial charge on any atom is -0.294 e. The number of fused-ring (bicyclic) bond motifs is 9. The third-order valence-electron chi connectivity index (χ3n) is 22.8. The number of benzene rings is 3. The number of aryl methyl sites for hydroxylation is 8. The smallest absolute Gasteiger partial charge is 0.169 e. The average Bonchev–Trinajstić information content (AvgIpc) is 1.58. The predicted molar refractivity (Wildman–Crippen MR) is 505 cm³/mol. The van der Waals surface area contributed by atoms with Crippen LogP contribution in [0.25, 0.3) is 130 Å². The predicted octanol–water partition coefficient (Wildman–Crippen LogP) is 35.4. The van der Waals surface area contributed by atoms with E-state index in [0.29, 0.717) is 0 Å². The van der Waals surface area contributed by atoms with E-state index in [1.54, 1.807) is 65.9 Å². The van der Waals surface area contributed by atoms with Crippen molar-refractivity contribution in [2.75, 3.05) is 0 Å². The van der Waals surface area contributed by atoms with Gasteiger partial charge in [-0.2, -0.15) is 0 Å². The number of carbonyl (C=O) groups excluding carboxylic acids is 3. The van der Waals surface area contributed by atoms with Gasteiger partial charge in [0.2, 0.25) is 0 Å². The van der Waals surface area contributed by atoms with E-state index < -0.39 is 0 Å². The molecule has 0 unspecified atom stereocenters. The Balaban J connectivity index is 0.708. The van der Waals surface area contributed by atoms with E-state index in [0.717, 1.165) is 66.0 Å². The summed E-state index contributed by atoms with van der Waals surface area (Å²) in [5.74, 6) is 0.426. The fourth-order valence-corrected chi connectivity index (χ4v) is 33.4. The number of hydrogen-bond donors (Lipinski definition) is 0. The Hall–Kier alpha value is -4.89. The molecule has 0 saturated heterocycles. The summed E-state index contributed by atoms with van der Waals surface area (Å²) < 4.78 is 12.4. The van der Waals surface area contributed by atoms with Gasteiger partial charge in [0.05, 0.1) is 29.3 Å². The van der Waals surface area contributed by atoms with Gasteiger partial charge in [-0.15, -0.1) is 147 Å². The van der Waals surface area contributed by atoms with Crippen LogP contribution in [0.1, 0.15) is 281 Å². The monoisotopic (exact) mass is 1690 g/mol. The Kier molecular flexibility index (Phi) is 24.8. The minimum atomic E-state index is 0.131. The maximum absolute atomic E-state index is 13.4. The summed E-state index contributed by atoms with van der Waals surface area (Å²) in [6, 6.07) is 26.5. The Bertz CT molecular complexity index is 5910. The van der Waals surface area contributed by atoms with Crippen LogP contribution in [0.15, 0.2) is 66.7 Å². The molecule has 3 aromatic carbocycles. The van der Waals surface area contributed by atoms with Gasteiger partial charge in [0.15, 0.2) is 17.3 Å². The van der Waals surface area contributed by atoms with Crippen molar-refractivity contribution in [3.8, 4) is 39.0 Å². The van der Waals surface area contributed by atoms with Gasteiger partial charge in [0, 0.05) is 125 Å². The van der Waals surface area contributed by atoms with Gasteiger partial charge >= 0.3 is 0 Å². The maximum Gasteiger partial charge on any atom is 0.169 e. The largest absolute Gasteiger partial charge is 0.294 e. The Labute approximate surface area is 701 Å². The summed E-state index contributed by atoms with van der Waals surface area (Å²) in [7, 11) is 0. The van der Waals surface area contributed by atoms with Crippen LogP contribution >= 0.6 is 147 Å². The van der Waals surface area contributed by atoms with Crippen molar-refractivity contribution in [1.29, 1.82) is 0 Å². The first-order valence-electron chi connectivity index (χ1n) is 40.7. The number of Topliss-reactive ketones (excluding diaryl/α,β-unsaturated/α-hetero) is 3. The second kappa shape index (κ2) is 34.5. The van der Waals surface area contributed by atoms with Crippen LogP contribution in [-0.2, 0) is 38.5 Å². The van der Waals surface area contributed by atoms with Crippen molar-refractivity contribution in [1.82, 2.24) is 0 Å². The number of thiophene rings is 13. The first-order valence-corrected chi connectivity index (χ1v) is 51.3. The third kappa shape index (κ3) is 15.6. The molecular formula is C94H100O3S13. The van der Waals surface area contributed by atoms with Gasteiger partial charge in [-0.3, -0.25) is 14.4 Å². The lowest BCUT2D eigenvalue weighted by Gasteiger charge is -2.12. The van der Waals surface area contributed by atoms with E-state index in [2.05, 4.69) is 122 Å². The Morgan fingerprint density at radius 2 is 0.645 bits per heavy atom. The first kappa shape index (κ1) is 79.0. The molecule has 0 aliphatic carbocycles. The lowest BCUT2D eigenvalue weighted by Crippen LogP contribution is -1.93. The van der Waals surface area contributed by atoms with E-state index in [4.69, 9.17) is 0 Å². The number of carbonyl (C=O) groups is 3. The number of ketones is 3. The zero-order chi connectivity index (χ0) is 76.2. The summed E-state index contributed by atoms with van der Waals surface area (Å²) in [5, 5.41) is 12.2. The highest BCUT2D eigenvalue weighted by molar-refractivity contribution is 7.33. The van der Waals surface area contributed by atoms with Crippen LogP contribution < -0.4 is 0 Å². The van der Waals surface area contributed by atoms with Gasteiger partial charge < -0.3 is 0 Å². The molecule has 0 spiro atoms. The average molecular weight is 1690 g/mol. The second-order valence-corrected chi connectivity index (χ2v) is 45.4. The highest BCUT2D eigenvalue weighted by Crippen LogP contribution is 2.56. The first-order chi connectivity index (χ1) is 53.5. The molecule has 0 saturated carbocycles. The van der Waals surface area contributed by atoms with Gasteiger partial charge in [-0.05, 0) is 219 Å². The van der Waals surface area contributed by atoms with Gasteiger partial charge in [-0.1, -0.05) is 156 Å². The summed E-state index contributed by atoms with van der Waals surface area (Å²) in [6.45, 7) is 23.6. The molecule has 0 atom stereocenters. The fourth-order valence-electron chi connectivity index (χ4n) is 17.1. The zero-order valence-electron chi connectivity index (χ0n) is 65.7. The van der Waals surface area contributed by atoms with Crippen LogP contribution in [0.5, 0.6) is 0 Å². The molecule has 0 amide bonds. The molecule has 13 aromatic heterocycles. The highest BCUT2D eigenvalue weighted by atomic mass is 32.1. The van der Waals surface area contributed by atoms with Crippen LogP contribution in [0, 0.1) is 27.7 Å². The molecule has 0 fully saturated rings. The van der Waals surface area contributed by atoms with E-state index in [9.17, 15) is 14.4 Å². The van der Waals surface area contributed by atoms with E-state index in [1.807, 2.05) is 113 Å². The molecule has 0 N–H and O–H groups in total. The molecule has 13 heterocycles. The van der Waals surface area contributed by atoms with Gasteiger partial charge in [0.25, 0.3) is 0 Å². The maximum atomic E-state index is 13.4. The molecule has 3 nitrogen and oxygen atoms in total. The molecule has 0 radical (unpaired) electrons. The van der Waals surface area contributed by atoms with Crippen molar-refractivity contribution in [3.63, 3.8) is 0 Å². The van der Waals surface area contributed by atoms with Crippen LogP contribution in [0.4, 0.5) is 0 Å². The lowest BCUT2D eigenvalue weighted by molar-refractivity contribution is 0.101. The molecular weight excluding hydrogens is 1590 g/mol. The van der Waals surface area contributed by atoms with Gasteiger partial charge in [0.1, 0.15) is 0 Å². The quantitative estimate of drug-likeness (QED) is 0.0288. The molecule has 16 heteroatoms. The summed E-state index contributed by atoms with van der Waals surface area (Å²) in [5.41, 5.74) is 8.80. The molecule has 0 aliphatic heterocycles. The topological polar surface area (TPSA) is 51.2 Å². The Morgan fingerprint density at radius 3 is 1.13 bits per heavy atom. The fraction of sp³-hybridized carbons (Fsp3) is 0.415. The second-order valence-electron chi connectivity index (χ2n) is 31.0. The van der Waals surface area contributed by atoms with Gasteiger partial charge in [-0.25, -0.2) is 0 Å². The van der Waals surface area contributed by atoms with Crippen molar-refractivity contribution in [2.24, 2.45) is 0 Å². The third-order valence-corrected chi connectivity index (χ3v) is 39.7. The molecule has 16 aromatic rings. The van der Waals surface area contributed by atoms with Crippen LogP contribution in [0.3, 0.4) is 0 Å². The molecule has 0 aliphatic rings. The molecule has 110 heavy (non-hydrogen) atoms. The lowest BCUT2D eigenvalue weighted by atomic mass is 9.94. The molecule has 572 valence electrons. The standard InChI is InChI=1S/C94H100O3S13/c1-12-16-18-20-22-24-26-28-30-32-36-62-67-45-77(105-88(67)63(37-33-31-29-27-25-23-21-19-17-13-2)69-47-81(107-89(62)69)90-70-48-74(54(8)95)102-85(70)57(11)99-90)73-39-38-58(100-73)42-78-91-71(49-75(103-91)55(9)96)93(109-78)80-44-65-53(7)83-64(52(6)84(65)106-80)41-59(101-83)43-79-92-72(50-76(104-92)56(10)97)94(110-79)82-46-68-61(35-15-4)86-66(40-51(5)98-86)60(34-14-3)87(68)108-82/h38-41,44-50H,12-37,42-43H2,1-11H3. The SMILES string of the molecule is CCCCCCCCCCCCc1c2cc(-c3sc(C)c4sc(C(C)=O)cc34)sc2c(CCCCCCCCCCCC)c2cc(-c3ccc(Cc4sc(-c5cc6c(C)c7sc(Cc8sc(-c9cc%10c(CCC)c%11sc(C)cc%11c(CCC)c%10s9)c9cc(C(C)=O)sc89)cc7c(C)c6s5)c5cc(C(C)=O)sc45)s3)sc12. The van der Waals surface area contributed by atoms with E-state index in [1.165, 1.54) is 310 Å². The normalized spacial score (nSPS) is 12.4. The van der Waals surface area contributed by atoms with Crippen molar-refractivity contribution < 1.29 is 14.4 Å². The number of hydrogen-bond acceptors (Lipinski definition) is 16. The summed E-state index contributed by atoms with van der Waals surface area (Å²) >= 11 is 24.7. The number of unbranched alkanes of at least 4 members (excludes halogenated alkanes) is 18. The van der Waals surface area contributed by atoms with Crippen molar-refractivity contribution in [2.45, 2.75) is 256 Å². The molecule has 0 bridgehead atoms. The van der Waals surface area contributed by atoms with Crippen molar-refractivity contribution >= 4 is 256 Å². The zero-order valence-corrected chi connectivity index (χ0v) is 76.3. The van der Waals surface area contributed by atoms with Crippen LogP contribution in [-0.4, -0.2) is 17.3 Å². The van der Waals surface area contributed by atoms with Crippen molar-refractivity contribution in [3.05, 3.63) is 144 Å². The number of rotatable bonds is 37.